The van der Waals surface area contributed by atoms with Gasteiger partial charge in [0.1, 0.15) is 12.0 Å². The summed E-state index contributed by atoms with van der Waals surface area (Å²) in [4.78, 5) is 7.11. The van der Waals surface area contributed by atoms with Crippen molar-refractivity contribution in [1.82, 2.24) is 9.97 Å². The van der Waals surface area contributed by atoms with Gasteiger partial charge >= 0.3 is 6.18 Å². The van der Waals surface area contributed by atoms with E-state index >= 15 is 0 Å². The molecule has 1 radical (unpaired) electrons. The topological polar surface area (TPSA) is 28.7 Å². The smallest absolute Gasteiger partial charge is 0.341 e. The third kappa shape index (κ3) is 3.53. The summed E-state index contributed by atoms with van der Waals surface area (Å²) in [5.41, 5.74) is 0.812. The van der Waals surface area contributed by atoms with Gasteiger partial charge in [0.25, 0.3) is 0 Å². The number of rotatable bonds is 4. The monoisotopic (exact) mass is 285 g/mol. The van der Waals surface area contributed by atoms with E-state index in [1.807, 2.05) is 0 Å². The number of benzene rings is 1. The van der Waals surface area contributed by atoms with Crippen molar-refractivity contribution < 1.29 is 13.2 Å². The Morgan fingerprint density at radius 1 is 1.26 bits per heavy atom. The molecule has 2 aromatic rings. The standard InChI is InChI=1S/C13H12F3N2S/c1-2-19-8-11-7-17-12(18-11)9-3-5-10(6-4-9)13(14,15)16/h3-6H,2,8H2,1H3,(H,17,18). The van der Waals surface area contributed by atoms with Gasteiger partial charge < -0.3 is 4.98 Å². The van der Waals surface area contributed by atoms with Crippen LogP contribution in [0.15, 0.2) is 24.3 Å². The van der Waals surface area contributed by atoms with Crippen LogP contribution in [0.5, 0.6) is 0 Å². The summed E-state index contributed by atoms with van der Waals surface area (Å²) < 4.78 is 37.3. The van der Waals surface area contributed by atoms with Crippen LogP contribution in [-0.4, -0.2) is 15.7 Å². The molecule has 0 aliphatic carbocycles. The van der Waals surface area contributed by atoms with Crippen molar-refractivity contribution in [1.29, 1.82) is 0 Å². The molecule has 6 heteroatoms. The molecule has 0 aliphatic rings. The maximum atomic E-state index is 12.4. The Balaban J connectivity index is 2.16. The first kappa shape index (κ1) is 14.0. The summed E-state index contributed by atoms with van der Waals surface area (Å²) in [5.74, 6) is 2.30. The minimum absolute atomic E-state index is 0.542. The average Bonchev–Trinajstić information content (AvgIpc) is 2.84. The van der Waals surface area contributed by atoms with Crippen LogP contribution in [0.25, 0.3) is 11.4 Å². The largest absolute Gasteiger partial charge is 0.416 e. The van der Waals surface area contributed by atoms with E-state index in [0.717, 1.165) is 29.3 Å². The van der Waals surface area contributed by atoms with E-state index in [1.165, 1.54) is 12.1 Å². The second kappa shape index (κ2) is 5.69. The number of imidazole rings is 1. The molecule has 0 unspecified atom stereocenters. The van der Waals surface area contributed by atoms with Crippen molar-refractivity contribution in [2.45, 2.75) is 18.9 Å². The molecule has 19 heavy (non-hydrogen) atoms. The molecule has 1 aromatic heterocycles. The van der Waals surface area contributed by atoms with Crippen molar-refractivity contribution in [3.63, 3.8) is 0 Å². The van der Waals surface area contributed by atoms with Crippen LogP contribution < -0.4 is 0 Å². The molecule has 0 amide bonds. The number of nitrogens with zero attached hydrogens (tertiary/aromatic N) is 1. The third-order valence-electron chi connectivity index (χ3n) is 2.51. The van der Waals surface area contributed by atoms with Crippen molar-refractivity contribution in [3.05, 3.63) is 41.7 Å². The number of aromatic amines is 1. The van der Waals surface area contributed by atoms with E-state index in [1.54, 1.807) is 11.8 Å². The summed E-state index contributed by atoms with van der Waals surface area (Å²) in [6.45, 7) is 2.05. The van der Waals surface area contributed by atoms with Gasteiger partial charge in [-0.3, -0.25) is 0 Å². The lowest BCUT2D eigenvalue weighted by atomic mass is 10.1. The van der Waals surface area contributed by atoms with Crippen LogP contribution in [0.3, 0.4) is 0 Å². The molecule has 0 saturated heterocycles. The highest BCUT2D eigenvalue weighted by atomic mass is 32.2. The van der Waals surface area contributed by atoms with Crippen molar-refractivity contribution in [3.8, 4) is 11.4 Å². The SMILES string of the molecule is CCSCc1[c]nc(-c2ccc(C(F)(F)F)cc2)[nH]1. The van der Waals surface area contributed by atoms with Crippen molar-refractivity contribution in [2.24, 2.45) is 0 Å². The van der Waals surface area contributed by atoms with Gasteiger partial charge in [-0.25, -0.2) is 4.98 Å². The number of halogens is 3. The predicted molar refractivity (Wildman–Crippen MR) is 69.7 cm³/mol. The maximum absolute atomic E-state index is 12.4. The fraction of sp³-hybridized carbons (Fsp3) is 0.308. The van der Waals surface area contributed by atoms with Gasteiger partial charge in [0.15, 0.2) is 0 Å². The molecule has 0 aliphatic heterocycles. The molecule has 0 atom stereocenters. The highest BCUT2D eigenvalue weighted by Crippen LogP contribution is 2.30. The van der Waals surface area contributed by atoms with Crippen LogP contribution >= 0.6 is 11.8 Å². The minimum Gasteiger partial charge on any atom is -0.341 e. The molecular formula is C13H12F3N2S. The molecule has 1 N–H and O–H groups in total. The Morgan fingerprint density at radius 3 is 2.53 bits per heavy atom. The molecular weight excluding hydrogens is 273 g/mol. The van der Waals surface area contributed by atoms with Gasteiger partial charge in [0.2, 0.25) is 0 Å². The number of nitrogens with one attached hydrogen (secondary N) is 1. The lowest BCUT2D eigenvalue weighted by Crippen LogP contribution is -2.04. The highest BCUT2D eigenvalue weighted by Gasteiger charge is 2.30. The Hall–Kier alpha value is -1.43. The normalized spacial score (nSPS) is 11.8. The molecule has 2 rings (SSSR count). The number of aromatic nitrogens is 2. The van der Waals surface area contributed by atoms with Crippen molar-refractivity contribution in [2.75, 3.05) is 5.75 Å². The molecule has 1 heterocycles. The Morgan fingerprint density at radius 2 is 1.95 bits per heavy atom. The maximum Gasteiger partial charge on any atom is 0.416 e. The molecule has 0 saturated carbocycles. The molecule has 0 spiro atoms. The molecule has 101 valence electrons. The number of H-pyrrole nitrogens is 1. The van der Waals surface area contributed by atoms with Crippen LogP contribution in [0.1, 0.15) is 18.2 Å². The summed E-state index contributed by atoms with van der Waals surface area (Å²) >= 11 is 1.72. The second-order valence-corrected chi connectivity index (χ2v) is 5.16. The zero-order chi connectivity index (χ0) is 13.9. The van der Waals surface area contributed by atoms with E-state index in [-0.39, 0.29) is 0 Å². The van der Waals surface area contributed by atoms with E-state index in [0.29, 0.717) is 11.4 Å². The van der Waals surface area contributed by atoms with Gasteiger partial charge in [-0.15, -0.1) is 0 Å². The highest BCUT2D eigenvalue weighted by molar-refractivity contribution is 7.98. The van der Waals surface area contributed by atoms with Crippen molar-refractivity contribution >= 4 is 11.8 Å². The fourth-order valence-electron chi connectivity index (χ4n) is 1.55. The quantitative estimate of drug-likeness (QED) is 0.914. The average molecular weight is 285 g/mol. The summed E-state index contributed by atoms with van der Waals surface area (Å²) in [7, 11) is 0. The fourth-order valence-corrected chi connectivity index (χ4v) is 2.09. The van der Waals surface area contributed by atoms with Gasteiger partial charge in [-0.2, -0.15) is 24.9 Å². The molecule has 2 nitrogen and oxygen atoms in total. The Kier molecular flexibility index (Phi) is 4.19. The van der Waals surface area contributed by atoms with Crippen LogP contribution in [0.4, 0.5) is 13.2 Å². The minimum atomic E-state index is -4.31. The first-order chi connectivity index (χ1) is 9.00. The van der Waals surface area contributed by atoms with Crippen LogP contribution in [-0.2, 0) is 11.9 Å². The number of hydrogen-bond acceptors (Lipinski definition) is 2. The predicted octanol–water partition coefficient (Wildman–Crippen LogP) is 4.15. The number of alkyl halides is 3. The van der Waals surface area contributed by atoms with E-state index in [9.17, 15) is 13.2 Å². The van der Waals surface area contributed by atoms with Crippen LogP contribution in [0, 0.1) is 6.20 Å². The number of thioether (sulfide) groups is 1. The summed E-state index contributed by atoms with van der Waals surface area (Å²) in [6.07, 6.45) is -1.47. The van der Waals surface area contributed by atoms with Gasteiger partial charge in [0.05, 0.1) is 11.3 Å². The summed E-state index contributed by atoms with van der Waals surface area (Å²) in [5, 5.41) is 0. The first-order valence-electron chi connectivity index (χ1n) is 5.72. The van der Waals surface area contributed by atoms with E-state index in [4.69, 9.17) is 0 Å². The lowest BCUT2D eigenvalue weighted by molar-refractivity contribution is -0.137. The van der Waals surface area contributed by atoms with E-state index < -0.39 is 11.7 Å². The van der Waals surface area contributed by atoms with Crippen LogP contribution in [0.2, 0.25) is 0 Å². The van der Waals surface area contributed by atoms with Gasteiger partial charge in [-0.1, -0.05) is 19.1 Å². The molecule has 0 bridgehead atoms. The number of hydrogen-bond donors (Lipinski definition) is 1. The van der Waals surface area contributed by atoms with E-state index in [2.05, 4.69) is 23.1 Å². The Bertz CT molecular complexity index is 532. The first-order valence-corrected chi connectivity index (χ1v) is 6.88. The summed E-state index contributed by atoms with van der Waals surface area (Å²) in [6, 6.07) is 4.93. The zero-order valence-corrected chi connectivity index (χ0v) is 11.0. The lowest BCUT2D eigenvalue weighted by Gasteiger charge is -2.06. The zero-order valence-electron chi connectivity index (χ0n) is 10.2. The van der Waals surface area contributed by atoms with Gasteiger partial charge in [0, 0.05) is 11.3 Å². The molecule has 0 fully saturated rings. The second-order valence-electron chi connectivity index (χ2n) is 3.89. The third-order valence-corrected chi connectivity index (χ3v) is 3.41. The molecule has 1 aromatic carbocycles. The van der Waals surface area contributed by atoms with Gasteiger partial charge in [-0.05, 0) is 17.9 Å². The Labute approximate surface area is 113 Å².